The van der Waals surface area contributed by atoms with Gasteiger partial charge in [0, 0.05) is 37.9 Å². The van der Waals surface area contributed by atoms with Crippen molar-refractivity contribution in [1.29, 1.82) is 5.26 Å². The lowest BCUT2D eigenvalue weighted by Gasteiger charge is -2.24. The second-order valence-electron chi connectivity index (χ2n) is 12.9. The molecule has 0 aromatic heterocycles. The molecule has 0 aliphatic carbocycles. The Morgan fingerprint density at radius 2 is 1.47 bits per heavy atom. The molecule has 252 valence electrons. The summed E-state index contributed by atoms with van der Waals surface area (Å²) in [6, 6.07) is 16.7. The molecule has 11 nitrogen and oxygen atoms in total. The van der Waals surface area contributed by atoms with Gasteiger partial charge in [0.25, 0.3) is 5.91 Å². The number of nitrogens with one attached hydrogen (secondary N) is 5. The molecule has 0 aliphatic rings. The van der Waals surface area contributed by atoms with Gasteiger partial charge in [-0.1, -0.05) is 80.1 Å². The Morgan fingerprint density at radius 3 is 2.06 bits per heavy atom. The van der Waals surface area contributed by atoms with Crippen molar-refractivity contribution in [1.82, 2.24) is 26.6 Å². The van der Waals surface area contributed by atoms with Crippen LogP contribution in [0, 0.1) is 24.2 Å². The molecule has 0 radical (unpaired) electrons. The Balaban J connectivity index is 2.17. The Hall–Kier alpha value is -4.98. The number of nitriles is 1. The van der Waals surface area contributed by atoms with Crippen LogP contribution in [0.4, 0.5) is 0 Å². The first-order chi connectivity index (χ1) is 22.2. The van der Waals surface area contributed by atoms with E-state index in [1.54, 1.807) is 0 Å². The van der Waals surface area contributed by atoms with E-state index in [9.17, 15) is 29.2 Å². The topological polar surface area (TPSA) is 169 Å². The van der Waals surface area contributed by atoms with E-state index >= 15 is 0 Å². The van der Waals surface area contributed by atoms with Gasteiger partial charge >= 0.3 is 0 Å². The van der Waals surface area contributed by atoms with Gasteiger partial charge in [-0.15, -0.1) is 0 Å². The summed E-state index contributed by atoms with van der Waals surface area (Å²) >= 11 is 0. The van der Waals surface area contributed by atoms with Crippen LogP contribution in [-0.4, -0.2) is 53.7 Å². The van der Waals surface area contributed by atoms with Crippen molar-refractivity contribution in [2.75, 3.05) is 6.54 Å². The highest BCUT2D eigenvalue weighted by Gasteiger charge is 2.28. The predicted molar refractivity (Wildman–Crippen MR) is 180 cm³/mol. The van der Waals surface area contributed by atoms with Gasteiger partial charge in [0.05, 0.1) is 0 Å². The highest BCUT2D eigenvalue weighted by atomic mass is 16.2. The first-order valence-corrected chi connectivity index (χ1v) is 15.8. The smallest absolute Gasteiger partial charge is 0.261 e. The van der Waals surface area contributed by atoms with Gasteiger partial charge < -0.3 is 26.6 Å². The van der Waals surface area contributed by atoms with Gasteiger partial charge in [-0.05, 0) is 51.2 Å². The van der Waals surface area contributed by atoms with Crippen LogP contribution < -0.4 is 26.6 Å². The molecule has 47 heavy (non-hydrogen) atoms. The number of nitrogens with zero attached hydrogens (tertiary/aromatic N) is 1. The van der Waals surface area contributed by atoms with Crippen LogP contribution in [0.3, 0.4) is 0 Å². The summed E-state index contributed by atoms with van der Waals surface area (Å²) < 4.78 is 0. The Kier molecular flexibility index (Phi) is 15.3. The van der Waals surface area contributed by atoms with Crippen molar-refractivity contribution in [3.63, 3.8) is 0 Å². The second-order valence-corrected chi connectivity index (χ2v) is 12.9. The van der Waals surface area contributed by atoms with Crippen LogP contribution in [0.2, 0.25) is 0 Å². The van der Waals surface area contributed by atoms with Crippen molar-refractivity contribution in [2.24, 2.45) is 5.92 Å². The quantitative estimate of drug-likeness (QED) is 0.139. The Bertz CT molecular complexity index is 1440. The van der Waals surface area contributed by atoms with E-state index in [2.05, 4.69) is 26.6 Å². The minimum Gasteiger partial charge on any atom is -0.352 e. The standard InChI is InChI=1S/C36H48N6O5/c1-24(2)20-28(22-37)33(45)38-19-18-31(43)40-29(16-17-32(44)42-36(4,5)6)35(47)41-30(21-26-10-8-7-9-11-26)34(46)39-23-27-14-12-25(3)13-15-27/h7-15,20,24,29-30H,16-19,21,23H2,1-6H3,(H,38,45)(H,39,46)(H,40,43)(H,41,47)(H,42,44)/b28-20+/t29-,30-/m0/s1. The van der Waals surface area contributed by atoms with E-state index in [4.69, 9.17) is 0 Å². The van der Waals surface area contributed by atoms with Crippen LogP contribution in [-0.2, 0) is 36.9 Å². The SMILES string of the molecule is Cc1ccc(CNC(=O)[C@H](Cc2ccccc2)NC(=O)[C@H](CCC(=O)NC(C)(C)C)NC(=O)CCNC(=O)/C(C#N)=C/C(C)C)cc1. The lowest BCUT2D eigenvalue weighted by molar-refractivity contribution is -0.133. The maximum Gasteiger partial charge on any atom is 0.261 e. The summed E-state index contributed by atoms with van der Waals surface area (Å²) in [4.78, 5) is 64.9. The van der Waals surface area contributed by atoms with E-state index in [0.717, 1.165) is 16.7 Å². The number of amides is 5. The van der Waals surface area contributed by atoms with E-state index in [-0.39, 0.29) is 56.2 Å². The van der Waals surface area contributed by atoms with Gasteiger partial charge in [0.1, 0.15) is 23.7 Å². The molecule has 0 bridgehead atoms. The number of aryl methyl sites for hydroxylation is 1. The summed E-state index contributed by atoms with van der Waals surface area (Å²) in [5.74, 6) is -2.47. The third-order valence-electron chi connectivity index (χ3n) is 6.83. The van der Waals surface area contributed by atoms with E-state index in [1.807, 2.05) is 102 Å². The van der Waals surface area contributed by atoms with E-state index in [0.29, 0.717) is 0 Å². The fourth-order valence-corrected chi connectivity index (χ4v) is 4.52. The number of hydrogen-bond donors (Lipinski definition) is 5. The zero-order chi connectivity index (χ0) is 35.0. The number of carbonyl (C=O) groups excluding carboxylic acids is 5. The summed E-state index contributed by atoms with van der Waals surface area (Å²) in [6.45, 7) is 11.3. The van der Waals surface area contributed by atoms with Crippen LogP contribution in [0.15, 0.2) is 66.2 Å². The molecule has 0 saturated heterocycles. The minimum absolute atomic E-state index is 0.0103. The third kappa shape index (κ3) is 15.2. The molecule has 0 aliphatic heterocycles. The summed E-state index contributed by atoms with van der Waals surface area (Å²) in [5, 5.41) is 23.0. The average molecular weight is 645 g/mol. The van der Waals surface area contributed by atoms with Crippen molar-refractivity contribution in [2.45, 2.75) is 91.4 Å². The number of rotatable bonds is 16. The summed E-state index contributed by atoms with van der Waals surface area (Å²) in [6.07, 6.45) is 1.48. The molecule has 2 rings (SSSR count). The normalized spacial score (nSPS) is 12.7. The Morgan fingerprint density at radius 1 is 0.809 bits per heavy atom. The van der Waals surface area contributed by atoms with Crippen LogP contribution in [0.1, 0.15) is 70.6 Å². The molecule has 0 saturated carbocycles. The van der Waals surface area contributed by atoms with Gasteiger partial charge in [-0.25, -0.2) is 0 Å². The molecule has 2 aromatic rings. The van der Waals surface area contributed by atoms with Gasteiger partial charge in [-0.2, -0.15) is 5.26 Å². The van der Waals surface area contributed by atoms with Gasteiger partial charge in [0.2, 0.25) is 23.6 Å². The van der Waals surface area contributed by atoms with Crippen molar-refractivity contribution in [3.8, 4) is 6.07 Å². The fraction of sp³-hybridized carbons (Fsp3) is 0.444. The van der Waals surface area contributed by atoms with Crippen LogP contribution in [0.25, 0.3) is 0 Å². The molecule has 2 aromatic carbocycles. The maximum atomic E-state index is 13.7. The lowest BCUT2D eigenvalue weighted by atomic mass is 10.0. The van der Waals surface area contributed by atoms with Crippen molar-refractivity contribution >= 4 is 29.5 Å². The second kappa shape index (κ2) is 18.9. The maximum absolute atomic E-state index is 13.7. The number of hydrogen-bond acceptors (Lipinski definition) is 6. The summed E-state index contributed by atoms with van der Waals surface area (Å²) in [7, 11) is 0. The van der Waals surface area contributed by atoms with Gasteiger partial charge in [0.15, 0.2) is 0 Å². The van der Waals surface area contributed by atoms with Crippen molar-refractivity contribution < 1.29 is 24.0 Å². The highest BCUT2D eigenvalue weighted by molar-refractivity contribution is 5.97. The van der Waals surface area contributed by atoms with Gasteiger partial charge in [-0.3, -0.25) is 24.0 Å². The molecular weight excluding hydrogens is 596 g/mol. The zero-order valence-corrected chi connectivity index (χ0v) is 28.2. The largest absolute Gasteiger partial charge is 0.352 e. The fourth-order valence-electron chi connectivity index (χ4n) is 4.52. The molecule has 11 heteroatoms. The number of carbonyl (C=O) groups is 5. The van der Waals surface area contributed by atoms with Crippen LogP contribution >= 0.6 is 0 Å². The highest BCUT2D eigenvalue weighted by Crippen LogP contribution is 2.09. The third-order valence-corrected chi connectivity index (χ3v) is 6.83. The molecule has 5 amide bonds. The molecule has 0 fully saturated rings. The Labute approximate surface area is 278 Å². The molecular formula is C36H48N6O5. The van der Waals surface area contributed by atoms with E-state index < -0.39 is 41.3 Å². The molecule has 0 heterocycles. The van der Waals surface area contributed by atoms with E-state index in [1.165, 1.54) is 6.08 Å². The first kappa shape index (κ1) is 38.2. The van der Waals surface area contributed by atoms with Crippen molar-refractivity contribution in [3.05, 3.63) is 82.9 Å². The predicted octanol–water partition coefficient (Wildman–Crippen LogP) is 3.13. The average Bonchev–Trinajstić information content (AvgIpc) is 3.00. The van der Waals surface area contributed by atoms with Crippen LogP contribution in [0.5, 0.6) is 0 Å². The minimum atomic E-state index is -1.14. The molecule has 0 spiro atoms. The molecule has 5 N–H and O–H groups in total. The number of allylic oxidation sites excluding steroid dienone is 1. The molecule has 2 atom stereocenters. The lowest BCUT2D eigenvalue weighted by Crippen LogP contribution is -2.54. The monoisotopic (exact) mass is 644 g/mol. The first-order valence-electron chi connectivity index (χ1n) is 15.8. The molecule has 0 unspecified atom stereocenters. The number of benzene rings is 2. The summed E-state index contributed by atoms with van der Waals surface area (Å²) in [5.41, 5.74) is 2.28. The zero-order valence-electron chi connectivity index (χ0n) is 28.2.